The molecule has 4 aromatic rings. The van der Waals surface area contributed by atoms with E-state index in [0.29, 0.717) is 5.75 Å². The zero-order chi connectivity index (χ0) is 30.1. The summed E-state index contributed by atoms with van der Waals surface area (Å²) >= 11 is 0. The van der Waals surface area contributed by atoms with E-state index in [1.54, 1.807) is 30.3 Å². The molecule has 43 heavy (non-hydrogen) atoms. The number of ether oxygens (including phenoxy) is 1. The standard InChI is InChI=1S/C32H27N3O7S/c36-32(37)22-6-10-23(11-7-22)34-43(40,41)26-16-17-30-29(18-26)27-2-1-3-28(27)31(33-30)21-8-14-25(15-9-21)42-19-20-4-12-24(13-5-20)35(38)39/h1-2,4-18,27-28,31,33-34H,3,19H2,(H,36,37)/t27-,28+,31+/m0/s1. The van der Waals surface area contributed by atoms with Crippen molar-refractivity contribution in [2.45, 2.75) is 29.9 Å². The maximum atomic E-state index is 13.2. The average molecular weight is 598 g/mol. The molecular weight excluding hydrogens is 570 g/mol. The van der Waals surface area contributed by atoms with E-state index in [9.17, 15) is 23.3 Å². The smallest absolute Gasteiger partial charge is 0.335 e. The van der Waals surface area contributed by atoms with E-state index in [1.165, 1.54) is 36.4 Å². The van der Waals surface area contributed by atoms with Crippen LogP contribution in [0.1, 0.15) is 45.4 Å². The first-order chi connectivity index (χ1) is 20.7. The number of aromatic carboxylic acids is 1. The van der Waals surface area contributed by atoms with Crippen LogP contribution in [0.5, 0.6) is 5.75 Å². The average Bonchev–Trinajstić information content (AvgIpc) is 3.50. The molecule has 0 amide bonds. The zero-order valence-electron chi connectivity index (χ0n) is 22.7. The van der Waals surface area contributed by atoms with Crippen LogP contribution in [0.2, 0.25) is 0 Å². The summed E-state index contributed by atoms with van der Waals surface area (Å²) in [7, 11) is -3.90. The van der Waals surface area contributed by atoms with Crippen molar-refractivity contribution in [3.63, 3.8) is 0 Å². The molecule has 0 saturated heterocycles. The summed E-state index contributed by atoms with van der Waals surface area (Å²) in [5, 5.41) is 23.6. The van der Waals surface area contributed by atoms with Gasteiger partial charge >= 0.3 is 5.97 Å². The summed E-state index contributed by atoms with van der Waals surface area (Å²) in [6, 6.07) is 24.7. The predicted octanol–water partition coefficient (Wildman–Crippen LogP) is 6.50. The Kier molecular flexibility index (Phi) is 7.32. The fourth-order valence-corrected chi connectivity index (χ4v) is 6.71. The highest BCUT2D eigenvalue weighted by molar-refractivity contribution is 7.92. The number of nitro groups is 1. The first-order valence-corrected chi connectivity index (χ1v) is 15.1. The quantitative estimate of drug-likeness (QED) is 0.113. The molecule has 0 radical (unpaired) electrons. The SMILES string of the molecule is O=C(O)c1ccc(NS(=O)(=O)c2ccc3c(c2)[C@H]2C=CC[C@H]2[C@@H](c2ccc(OCc4ccc([N+](=O)[O-])cc4)cc2)N3)cc1. The topological polar surface area (TPSA) is 148 Å². The third kappa shape index (κ3) is 5.80. The van der Waals surface area contributed by atoms with Gasteiger partial charge in [-0.05, 0) is 95.8 Å². The van der Waals surface area contributed by atoms with Gasteiger partial charge in [-0.25, -0.2) is 13.2 Å². The summed E-state index contributed by atoms with van der Waals surface area (Å²) < 4.78 is 34.8. The van der Waals surface area contributed by atoms with E-state index < -0.39 is 20.9 Å². The number of carbonyl (C=O) groups is 1. The predicted molar refractivity (Wildman–Crippen MR) is 161 cm³/mol. The molecule has 3 N–H and O–H groups in total. The second-order valence-corrected chi connectivity index (χ2v) is 12.2. The molecule has 1 heterocycles. The Hall–Kier alpha value is -5.16. The van der Waals surface area contributed by atoms with Crippen LogP contribution in [0, 0.1) is 16.0 Å². The second kappa shape index (κ2) is 11.3. The Labute approximate surface area is 247 Å². The number of nitro benzene ring substituents is 1. The molecule has 3 atom stereocenters. The molecule has 0 unspecified atom stereocenters. The second-order valence-electron chi connectivity index (χ2n) is 10.5. The molecule has 0 saturated carbocycles. The van der Waals surface area contributed by atoms with Gasteiger partial charge < -0.3 is 15.2 Å². The van der Waals surface area contributed by atoms with Gasteiger partial charge in [-0.15, -0.1) is 0 Å². The molecule has 2 aliphatic rings. The molecule has 11 heteroatoms. The van der Waals surface area contributed by atoms with E-state index in [1.807, 2.05) is 24.3 Å². The number of allylic oxidation sites excluding steroid dienone is 2. The number of carboxylic acid groups (broad SMARTS) is 1. The highest BCUT2D eigenvalue weighted by Gasteiger charge is 2.38. The molecule has 1 aliphatic carbocycles. The Morgan fingerprint density at radius 1 is 1.00 bits per heavy atom. The number of rotatable bonds is 9. The lowest BCUT2D eigenvalue weighted by atomic mass is 9.77. The molecule has 1 aliphatic heterocycles. The number of carboxylic acids is 1. The molecule has 6 rings (SSSR count). The first-order valence-electron chi connectivity index (χ1n) is 13.6. The normalized spacial score (nSPS) is 18.7. The van der Waals surface area contributed by atoms with Gasteiger partial charge in [-0.2, -0.15) is 0 Å². The van der Waals surface area contributed by atoms with Gasteiger partial charge in [0.05, 0.1) is 21.4 Å². The van der Waals surface area contributed by atoms with Crippen LogP contribution in [0.4, 0.5) is 17.1 Å². The number of fused-ring (bicyclic) bond motifs is 3. The van der Waals surface area contributed by atoms with Crippen LogP contribution in [-0.2, 0) is 16.6 Å². The number of hydrogen-bond acceptors (Lipinski definition) is 7. The van der Waals surface area contributed by atoms with Gasteiger partial charge in [0.25, 0.3) is 15.7 Å². The van der Waals surface area contributed by atoms with Gasteiger partial charge in [0.1, 0.15) is 12.4 Å². The maximum Gasteiger partial charge on any atom is 0.335 e. The number of non-ortho nitro benzene ring substituents is 1. The van der Waals surface area contributed by atoms with Crippen LogP contribution in [0.3, 0.4) is 0 Å². The third-order valence-electron chi connectivity index (χ3n) is 7.82. The largest absolute Gasteiger partial charge is 0.489 e. The summed E-state index contributed by atoms with van der Waals surface area (Å²) in [5.74, 6) is -0.185. The van der Waals surface area contributed by atoms with Crippen molar-refractivity contribution in [2.24, 2.45) is 5.92 Å². The van der Waals surface area contributed by atoms with Gasteiger partial charge in [0, 0.05) is 29.4 Å². The molecule has 0 fully saturated rings. The van der Waals surface area contributed by atoms with Crippen molar-refractivity contribution in [1.29, 1.82) is 0 Å². The minimum Gasteiger partial charge on any atom is -0.489 e. The van der Waals surface area contributed by atoms with E-state index in [-0.39, 0.29) is 46.3 Å². The number of anilines is 2. The van der Waals surface area contributed by atoms with Crippen molar-refractivity contribution in [1.82, 2.24) is 0 Å². The minimum absolute atomic E-state index is 0.00422. The molecule has 0 aromatic heterocycles. The van der Waals surface area contributed by atoms with Crippen molar-refractivity contribution in [3.05, 3.63) is 136 Å². The van der Waals surface area contributed by atoms with Crippen LogP contribution in [0.15, 0.2) is 108 Å². The van der Waals surface area contributed by atoms with E-state index in [2.05, 4.69) is 22.2 Å². The van der Waals surface area contributed by atoms with Crippen LogP contribution in [-0.4, -0.2) is 24.4 Å². The maximum absolute atomic E-state index is 13.2. The van der Waals surface area contributed by atoms with Gasteiger partial charge in [-0.3, -0.25) is 14.8 Å². The summed E-state index contributed by atoms with van der Waals surface area (Å²) in [4.78, 5) is 21.7. The van der Waals surface area contributed by atoms with E-state index in [4.69, 9.17) is 9.84 Å². The highest BCUT2D eigenvalue weighted by Crippen LogP contribution is 2.50. The fraction of sp³-hybridized carbons (Fsp3) is 0.156. The number of hydrogen-bond donors (Lipinski definition) is 3. The molecular formula is C32H27N3O7S. The van der Waals surface area contributed by atoms with Gasteiger partial charge in [0.2, 0.25) is 0 Å². The lowest BCUT2D eigenvalue weighted by Crippen LogP contribution is -2.29. The number of nitrogens with one attached hydrogen (secondary N) is 2. The third-order valence-corrected chi connectivity index (χ3v) is 9.20. The highest BCUT2D eigenvalue weighted by atomic mass is 32.2. The van der Waals surface area contributed by atoms with Crippen molar-refractivity contribution in [3.8, 4) is 5.75 Å². The van der Waals surface area contributed by atoms with E-state index >= 15 is 0 Å². The molecule has 4 aromatic carbocycles. The molecule has 0 bridgehead atoms. The monoisotopic (exact) mass is 597 g/mol. The lowest BCUT2D eigenvalue weighted by Gasteiger charge is -2.37. The number of nitrogens with zero attached hydrogens (tertiary/aromatic N) is 1. The van der Waals surface area contributed by atoms with Crippen LogP contribution >= 0.6 is 0 Å². The Balaban J connectivity index is 1.17. The van der Waals surface area contributed by atoms with Crippen LogP contribution in [0.25, 0.3) is 0 Å². The summed E-state index contributed by atoms with van der Waals surface area (Å²) in [6.07, 6.45) is 5.10. The summed E-state index contributed by atoms with van der Waals surface area (Å²) in [5.41, 5.74) is 4.06. The molecule has 10 nitrogen and oxygen atoms in total. The molecule has 0 spiro atoms. The first kappa shape index (κ1) is 28.0. The van der Waals surface area contributed by atoms with Crippen molar-refractivity contribution in [2.75, 3.05) is 10.0 Å². The minimum atomic E-state index is -3.90. The Morgan fingerprint density at radius 3 is 2.40 bits per heavy atom. The fourth-order valence-electron chi connectivity index (χ4n) is 5.62. The van der Waals surface area contributed by atoms with Crippen LogP contribution < -0.4 is 14.8 Å². The summed E-state index contributed by atoms with van der Waals surface area (Å²) in [6.45, 7) is 0.286. The van der Waals surface area contributed by atoms with Crippen molar-refractivity contribution >= 4 is 33.1 Å². The van der Waals surface area contributed by atoms with Gasteiger partial charge in [0.15, 0.2) is 0 Å². The number of sulfonamides is 1. The Bertz CT molecular complexity index is 1820. The zero-order valence-corrected chi connectivity index (χ0v) is 23.5. The van der Waals surface area contributed by atoms with Gasteiger partial charge in [-0.1, -0.05) is 24.3 Å². The van der Waals surface area contributed by atoms with E-state index in [0.717, 1.165) is 28.8 Å². The lowest BCUT2D eigenvalue weighted by molar-refractivity contribution is -0.384. The molecule has 218 valence electrons. The van der Waals surface area contributed by atoms with Crippen molar-refractivity contribution < 1.29 is 28.0 Å². The number of benzene rings is 4. The Morgan fingerprint density at radius 2 is 1.72 bits per heavy atom.